The molecule has 0 unspecified atom stereocenters. The lowest BCUT2D eigenvalue weighted by Gasteiger charge is -2.16. The number of carboxylic acids is 1. The largest absolute Gasteiger partial charge is 0.476 e. The topological polar surface area (TPSA) is 66.0 Å². The van der Waals surface area contributed by atoms with Crippen molar-refractivity contribution in [1.82, 2.24) is 9.97 Å². The van der Waals surface area contributed by atoms with Crippen LogP contribution in [0.3, 0.4) is 0 Å². The molecule has 0 aliphatic heterocycles. The molecule has 0 fully saturated rings. The van der Waals surface area contributed by atoms with Crippen molar-refractivity contribution in [3.8, 4) is 11.4 Å². The Labute approximate surface area is 114 Å². The summed E-state index contributed by atoms with van der Waals surface area (Å²) in [5, 5.41) is 9.17. The van der Waals surface area contributed by atoms with E-state index in [0.29, 0.717) is 11.3 Å². The number of aromatic carboxylic acids is 1. The third kappa shape index (κ3) is 2.54. The molecular formula is C14H14F2N2O2. The van der Waals surface area contributed by atoms with Gasteiger partial charge in [0.1, 0.15) is 5.82 Å². The van der Waals surface area contributed by atoms with Gasteiger partial charge in [-0.3, -0.25) is 0 Å². The van der Waals surface area contributed by atoms with Gasteiger partial charge in [-0.1, -0.05) is 20.8 Å². The molecule has 2 N–H and O–H groups in total. The lowest BCUT2D eigenvalue weighted by atomic mass is 9.91. The number of carboxylic acid groups (broad SMARTS) is 1. The molecule has 6 heteroatoms. The van der Waals surface area contributed by atoms with Crippen LogP contribution < -0.4 is 0 Å². The van der Waals surface area contributed by atoms with Crippen molar-refractivity contribution in [1.29, 1.82) is 0 Å². The van der Waals surface area contributed by atoms with Crippen LogP contribution in [0.15, 0.2) is 18.2 Å². The molecule has 1 aromatic heterocycles. The first kappa shape index (κ1) is 14.2. The molecule has 0 saturated heterocycles. The predicted octanol–water partition coefficient (Wildman–Crippen LogP) is 3.35. The Morgan fingerprint density at radius 2 is 1.90 bits per heavy atom. The number of halogens is 2. The number of hydrogen-bond acceptors (Lipinski definition) is 2. The van der Waals surface area contributed by atoms with Crippen LogP contribution in [0.25, 0.3) is 11.4 Å². The first-order chi connectivity index (χ1) is 9.20. The van der Waals surface area contributed by atoms with Crippen molar-refractivity contribution in [3.63, 3.8) is 0 Å². The van der Waals surface area contributed by atoms with Crippen molar-refractivity contribution < 1.29 is 18.7 Å². The summed E-state index contributed by atoms with van der Waals surface area (Å²) in [5.41, 5.74) is 0.154. The summed E-state index contributed by atoms with van der Waals surface area (Å²) in [4.78, 5) is 18.1. The quantitative estimate of drug-likeness (QED) is 0.886. The zero-order chi connectivity index (χ0) is 15.1. The highest BCUT2D eigenvalue weighted by Crippen LogP contribution is 2.28. The summed E-state index contributed by atoms with van der Waals surface area (Å²) in [6, 6.07) is 3.30. The van der Waals surface area contributed by atoms with Crippen LogP contribution in [0.4, 0.5) is 8.78 Å². The lowest BCUT2D eigenvalue weighted by Crippen LogP contribution is -2.16. The van der Waals surface area contributed by atoms with Crippen LogP contribution in [0.1, 0.15) is 37.0 Å². The fraction of sp³-hybridized carbons (Fsp3) is 0.286. The minimum atomic E-state index is -1.17. The minimum absolute atomic E-state index is 0.114. The van der Waals surface area contributed by atoms with Gasteiger partial charge in [-0.15, -0.1) is 0 Å². The second-order valence-corrected chi connectivity index (χ2v) is 5.49. The fourth-order valence-electron chi connectivity index (χ4n) is 1.85. The molecule has 0 aliphatic rings. The average Bonchev–Trinajstić information content (AvgIpc) is 2.77. The summed E-state index contributed by atoms with van der Waals surface area (Å²) in [6.45, 7) is 5.51. The number of imidazole rings is 1. The van der Waals surface area contributed by atoms with Gasteiger partial charge >= 0.3 is 5.97 Å². The van der Waals surface area contributed by atoms with E-state index >= 15 is 0 Å². The van der Waals surface area contributed by atoms with E-state index in [1.807, 2.05) is 20.8 Å². The van der Waals surface area contributed by atoms with Crippen LogP contribution in [0.5, 0.6) is 0 Å². The van der Waals surface area contributed by atoms with Crippen molar-refractivity contribution in [2.24, 2.45) is 0 Å². The zero-order valence-corrected chi connectivity index (χ0v) is 11.3. The summed E-state index contributed by atoms with van der Waals surface area (Å²) < 4.78 is 26.1. The summed E-state index contributed by atoms with van der Waals surface area (Å²) in [6.07, 6.45) is 0. The van der Waals surface area contributed by atoms with E-state index in [2.05, 4.69) is 9.97 Å². The summed E-state index contributed by atoms with van der Waals surface area (Å²) in [5.74, 6) is -2.94. The first-order valence-corrected chi connectivity index (χ1v) is 5.99. The maximum atomic E-state index is 13.2. The van der Waals surface area contributed by atoms with E-state index in [4.69, 9.17) is 0 Å². The third-order valence-electron chi connectivity index (χ3n) is 2.85. The fourth-order valence-corrected chi connectivity index (χ4v) is 1.85. The van der Waals surface area contributed by atoms with E-state index in [1.165, 1.54) is 6.07 Å². The molecule has 0 atom stereocenters. The average molecular weight is 280 g/mol. The third-order valence-corrected chi connectivity index (χ3v) is 2.85. The molecule has 1 aromatic carbocycles. The molecule has 1 heterocycles. The number of carbonyl (C=O) groups is 1. The van der Waals surface area contributed by atoms with Gasteiger partial charge in [-0.25, -0.2) is 18.6 Å². The van der Waals surface area contributed by atoms with Gasteiger partial charge in [-0.2, -0.15) is 0 Å². The Morgan fingerprint density at radius 3 is 2.35 bits per heavy atom. The van der Waals surface area contributed by atoms with Gasteiger partial charge in [0.25, 0.3) is 0 Å². The SMILES string of the molecule is CC(C)(C)c1[nH]c(-c2ccc(F)c(F)c2)nc1C(=O)O. The van der Waals surface area contributed by atoms with Crippen molar-refractivity contribution in [2.75, 3.05) is 0 Å². The highest BCUT2D eigenvalue weighted by molar-refractivity contribution is 5.88. The number of H-pyrrole nitrogens is 1. The van der Waals surface area contributed by atoms with Crippen molar-refractivity contribution in [3.05, 3.63) is 41.2 Å². The van der Waals surface area contributed by atoms with Crippen LogP contribution in [-0.4, -0.2) is 21.0 Å². The first-order valence-electron chi connectivity index (χ1n) is 5.99. The van der Waals surface area contributed by atoms with Crippen LogP contribution >= 0.6 is 0 Å². The number of nitrogens with one attached hydrogen (secondary N) is 1. The van der Waals surface area contributed by atoms with Crippen molar-refractivity contribution >= 4 is 5.97 Å². The van der Waals surface area contributed by atoms with E-state index in [0.717, 1.165) is 12.1 Å². The Hall–Kier alpha value is -2.24. The number of hydrogen-bond donors (Lipinski definition) is 2. The van der Waals surface area contributed by atoms with Crippen molar-refractivity contribution in [2.45, 2.75) is 26.2 Å². The molecule has 0 radical (unpaired) electrons. The molecule has 106 valence electrons. The normalized spacial score (nSPS) is 11.7. The Kier molecular flexibility index (Phi) is 3.33. The highest BCUT2D eigenvalue weighted by Gasteiger charge is 2.26. The van der Waals surface area contributed by atoms with E-state index in [-0.39, 0.29) is 11.5 Å². The van der Waals surface area contributed by atoms with Crippen LogP contribution in [0, 0.1) is 11.6 Å². The summed E-state index contributed by atoms with van der Waals surface area (Å²) in [7, 11) is 0. The number of nitrogens with zero attached hydrogens (tertiary/aromatic N) is 1. The number of benzene rings is 1. The standard InChI is InChI=1S/C14H14F2N2O2/c1-14(2,3)11-10(13(19)20)17-12(18-11)7-4-5-8(15)9(16)6-7/h4-6H,1-3H3,(H,17,18)(H,19,20). The van der Waals surface area contributed by atoms with Gasteiger partial charge in [0.15, 0.2) is 17.3 Å². The molecule has 0 aliphatic carbocycles. The molecule has 0 spiro atoms. The van der Waals surface area contributed by atoms with Gasteiger partial charge in [-0.05, 0) is 18.2 Å². The molecule has 0 amide bonds. The van der Waals surface area contributed by atoms with E-state index in [9.17, 15) is 18.7 Å². The summed E-state index contributed by atoms with van der Waals surface area (Å²) >= 11 is 0. The van der Waals surface area contributed by atoms with Gasteiger partial charge in [0.2, 0.25) is 0 Å². The van der Waals surface area contributed by atoms with E-state index < -0.39 is 23.0 Å². The Bertz CT molecular complexity index is 672. The number of aromatic nitrogens is 2. The smallest absolute Gasteiger partial charge is 0.356 e. The van der Waals surface area contributed by atoms with Gasteiger partial charge in [0.05, 0.1) is 5.69 Å². The maximum absolute atomic E-state index is 13.2. The second kappa shape index (κ2) is 4.70. The molecule has 2 rings (SSSR count). The van der Waals surface area contributed by atoms with E-state index in [1.54, 1.807) is 0 Å². The zero-order valence-electron chi connectivity index (χ0n) is 11.3. The highest BCUT2D eigenvalue weighted by atomic mass is 19.2. The van der Waals surface area contributed by atoms with Crippen LogP contribution in [-0.2, 0) is 5.41 Å². The lowest BCUT2D eigenvalue weighted by molar-refractivity contribution is 0.0688. The Balaban J connectivity index is 2.58. The van der Waals surface area contributed by atoms with Gasteiger partial charge in [0, 0.05) is 11.0 Å². The molecule has 4 nitrogen and oxygen atoms in total. The molecule has 20 heavy (non-hydrogen) atoms. The monoisotopic (exact) mass is 280 g/mol. The number of rotatable bonds is 2. The number of aromatic amines is 1. The second-order valence-electron chi connectivity index (χ2n) is 5.49. The minimum Gasteiger partial charge on any atom is -0.476 e. The van der Waals surface area contributed by atoms with Crippen LogP contribution in [0.2, 0.25) is 0 Å². The molecule has 0 bridgehead atoms. The Morgan fingerprint density at radius 1 is 1.25 bits per heavy atom. The molecule has 2 aromatic rings. The maximum Gasteiger partial charge on any atom is 0.356 e. The molecule has 0 saturated carbocycles. The van der Waals surface area contributed by atoms with Gasteiger partial charge < -0.3 is 10.1 Å². The predicted molar refractivity (Wildman–Crippen MR) is 69.6 cm³/mol. The molecular weight excluding hydrogens is 266 g/mol.